The number of rotatable bonds is 4. The maximum atomic E-state index is 12.4. The first-order chi connectivity index (χ1) is 13.0. The molecule has 3 rings (SSSR count). The number of aromatic nitrogens is 2. The molecule has 2 aromatic rings. The summed E-state index contributed by atoms with van der Waals surface area (Å²) in [6.45, 7) is 6.50. The third-order valence-electron chi connectivity index (χ3n) is 4.20. The number of nitrogens with zero attached hydrogens (tertiary/aromatic N) is 3. The summed E-state index contributed by atoms with van der Waals surface area (Å²) in [5, 5.41) is 6.05. The molecule has 0 atom stereocenters. The molecule has 2 amide bonds. The number of methoxy groups -OCH3 is 1. The van der Waals surface area contributed by atoms with E-state index in [4.69, 9.17) is 21.1 Å². The van der Waals surface area contributed by atoms with Crippen LogP contribution in [-0.2, 0) is 4.74 Å². The van der Waals surface area contributed by atoms with Gasteiger partial charge in [0.05, 0.1) is 43.1 Å². The van der Waals surface area contributed by atoms with Crippen LogP contribution in [0.15, 0.2) is 18.2 Å². The van der Waals surface area contributed by atoms with Gasteiger partial charge in [-0.15, -0.1) is 0 Å². The van der Waals surface area contributed by atoms with Crippen molar-refractivity contribution in [2.45, 2.75) is 13.8 Å². The molecule has 1 aromatic carbocycles. The van der Waals surface area contributed by atoms with Crippen LogP contribution in [-0.4, -0.2) is 49.4 Å². The Labute approximate surface area is 162 Å². The lowest BCUT2D eigenvalue weighted by molar-refractivity contribution is 0.122. The van der Waals surface area contributed by atoms with Crippen molar-refractivity contribution in [3.8, 4) is 5.75 Å². The van der Waals surface area contributed by atoms with Gasteiger partial charge in [0.1, 0.15) is 5.75 Å². The Morgan fingerprint density at radius 1 is 1.19 bits per heavy atom. The number of aryl methyl sites for hydroxylation is 2. The van der Waals surface area contributed by atoms with Gasteiger partial charge < -0.3 is 25.0 Å². The van der Waals surface area contributed by atoms with Crippen molar-refractivity contribution in [2.75, 3.05) is 48.9 Å². The molecule has 1 aromatic heterocycles. The lowest BCUT2D eigenvalue weighted by Crippen LogP contribution is -2.37. The van der Waals surface area contributed by atoms with Crippen molar-refractivity contribution >= 4 is 35.0 Å². The number of carbonyl (C=O) groups excluding carboxylic acids is 1. The number of ether oxygens (including phenoxy) is 2. The van der Waals surface area contributed by atoms with Crippen molar-refractivity contribution in [1.82, 2.24) is 9.97 Å². The first-order valence-corrected chi connectivity index (χ1v) is 8.95. The van der Waals surface area contributed by atoms with Crippen LogP contribution >= 0.6 is 11.6 Å². The van der Waals surface area contributed by atoms with Crippen LogP contribution in [0.25, 0.3) is 0 Å². The summed E-state index contributed by atoms with van der Waals surface area (Å²) in [7, 11) is 1.53. The van der Waals surface area contributed by atoms with Gasteiger partial charge in [0.25, 0.3) is 0 Å². The van der Waals surface area contributed by atoms with E-state index in [1.807, 2.05) is 13.8 Å². The van der Waals surface area contributed by atoms with E-state index in [9.17, 15) is 4.79 Å². The third-order valence-corrected chi connectivity index (χ3v) is 4.44. The zero-order valence-electron chi connectivity index (χ0n) is 15.5. The highest BCUT2D eigenvalue weighted by molar-refractivity contribution is 6.31. The van der Waals surface area contributed by atoms with E-state index >= 15 is 0 Å². The fourth-order valence-electron chi connectivity index (χ4n) is 2.83. The minimum atomic E-state index is -0.426. The highest BCUT2D eigenvalue weighted by Crippen LogP contribution is 2.28. The number of anilines is 3. The van der Waals surface area contributed by atoms with Crippen LogP contribution in [0.1, 0.15) is 11.4 Å². The molecule has 1 saturated heterocycles. The highest BCUT2D eigenvalue weighted by atomic mass is 35.5. The number of benzene rings is 1. The minimum Gasteiger partial charge on any atom is -0.495 e. The zero-order valence-corrected chi connectivity index (χ0v) is 16.3. The molecule has 8 nitrogen and oxygen atoms in total. The predicted molar refractivity (Wildman–Crippen MR) is 105 cm³/mol. The molecule has 2 heterocycles. The second kappa shape index (κ2) is 8.41. The Morgan fingerprint density at radius 3 is 2.48 bits per heavy atom. The summed E-state index contributed by atoms with van der Waals surface area (Å²) in [6.07, 6.45) is 0. The minimum absolute atomic E-state index is 0.426. The van der Waals surface area contributed by atoms with E-state index in [0.29, 0.717) is 52.7 Å². The van der Waals surface area contributed by atoms with E-state index in [-0.39, 0.29) is 0 Å². The van der Waals surface area contributed by atoms with Crippen molar-refractivity contribution in [2.24, 2.45) is 0 Å². The normalized spacial score (nSPS) is 14.0. The van der Waals surface area contributed by atoms with E-state index in [1.54, 1.807) is 18.2 Å². The van der Waals surface area contributed by atoms with Gasteiger partial charge in [-0.25, -0.2) is 14.8 Å². The lowest BCUT2D eigenvalue weighted by atomic mass is 10.2. The molecule has 0 aliphatic carbocycles. The standard InChI is InChI=1S/C18H22ClN5O3/c1-11-16(12(2)21-17(20-11)24-6-8-27-9-7-24)23-18(25)22-14-10-13(19)4-5-15(14)26-3/h4-5,10H,6-9H2,1-3H3,(H2,22,23,25). The summed E-state index contributed by atoms with van der Waals surface area (Å²) in [6, 6.07) is 4.58. The highest BCUT2D eigenvalue weighted by Gasteiger charge is 2.18. The van der Waals surface area contributed by atoms with Crippen LogP contribution in [0, 0.1) is 13.8 Å². The SMILES string of the molecule is COc1ccc(Cl)cc1NC(=O)Nc1c(C)nc(N2CCOCC2)nc1C. The summed E-state index contributed by atoms with van der Waals surface area (Å²) in [4.78, 5) is 23.6. The molecule has 0 spiro atoms. The Kier molecular flexibility index (Phi) is 5.98. The molecule has 2 N–H and O–H groups in total. The molecule has 27 heavy (non-hydrogen) atoms. The first-order valence-electron chi connectivity index (χ1n) is 8.57. The number of amides is 2. The maximum Gasteiger partial charge on any atom is 0.323 e. The van der Waals surface area contributed by atoms with Gasteiger partial charge in [-0.1, -0.05) is 11.6 Å². The fourth-order valence-corrected chi connectivity index (χ4v) is 3.00. The van der Waals surface area contributed by atoms with Crippen LogP contribution in [0.2, 0.25) is 5.02 Å². The molecule has 0 bridgehead atoms. The topological polar surface area (TPSA) is 88.6 Å². The van der Waals surface area contributed by atoms with E-state index in [0.717, 1.165) is 13.1 Å². The molecule has 1 fully saturated rings. The Balaban J connectivity index is 1.75. The molecule has 1 aliphatic rings. The van der Waals surface area contributed by atoms with E-state index in [1.165, 1.54) is 7.11 Å². The van der Waals surface area contributed by atoms with Gasteiger partial charge in [0.2, 0.25) is 5.95 Å². The van der Waals surface area contributed by atoms with Crippen LogP contribution < -0.4 is 20.3 Å². The second-order valence-electron chi connectivity index (χ2n) is 6.09. The van der Waals surface area contributed by atoms with Gasteiger partial charge in [-0.2, -0.15) is 0 Å². The lowest BCUT2D eigenvalue weighted by Gasteiger charge is -2.27. The number of carbonyl (C=O) groups is 1. The predicted octanol–water partition coefficient (Wildman–Crippen LogP) is 3.24. The number of urea groups is 1. The van der Waals surface area contributed by atoms with Crippen LogP contribution in [0.5, 0.6) is 5.75 Å². The van der Waals surface area contributed by atoms with Gasteiger partial charge in [-0.05, 0) is 32.0 Å². The molecule has 144 valence electrons. The number of hydrogen-bond acceptors (Lipinski definition) is 6. The quantitative estimate of drug-likeness (QED) is 0.831. The average Bonchev–Trinajstić information content (AvgIpc) is 2.65. The molecule has 0 unspecified atom stereocenters. The fraction of sp³-hybridized carbons (Fsp3) is 0.389. The molecular weight excluding hydrogens is 370 g/mol. The first kappa shape index (κ1) is 19.2. The molecule has 9 heteroatoms. The monoisotopic (exact) mass is 391 g/mol. The Hall–Kier alpha value is -2.58. The van der Waals surface area contributed by atoms with E-state index < -0.39 is 6.03 Å². The van der Waals surface area contributed by atoms with Crippen molar-refractivity contribution < 1.29 is 14.3 Å². The van der Waals surface area contributed by atoms with Crippen molar-refractivity contribution in [1.29, 1.82) is 0 Å². The molecular formula is C18H22ClN5O3. The van der Waals surface area contributed by atoms with Gasteiger partial charge in [0.15, 0.2) is 0 Å². The van der Waals surface area contributed by atoms with Crippen molar-refractivity contribution in [3.05, 3.63) is 34.6 Å². The Bertz CT molecular complexity index is 817. The summed E-state index contributed by atoms with van der Waals surface area (Å²) in [5.74, 6) is 1.16. The summed E-state index contributed by atoms with van der Waals surface area (Å²) in [5.41, 5.74) is 2.43. The van der Waals surface area contributed by atoms with Crippen LogP contribution in [0.4, 0.5) is 22.1 Å². The summed E-state index contributed by atoms with van der Waals surface area (Å²) < 4.78 is 10.6. The number of hydrogen-bond donors (Lipinski definition) is 2. The maximum absolute atomic E-state index is 12.4. The van der Waals surface area contributed by atoms with Crippen LogP contribution in [0.3, 0.4) is 0 Å². The smallest absolute Gasteiger partial charge is 0.323 e. The van der Waals surface area contributed by atoms with E-state index in [2.05, 4.69) is 25.5 Å². The largest absolute Gasteiger partial charge is 0.495 e. The zero-order chi connectivity index (χ0) is 19.4. The molecule has 0 radical (unpaired) electrons. The average molecular weight is 392 g/mol. The third kappa shape index (κ3) is 4.58. The summed E-state index contributed by atoms with van der Waals surface area (Å²) >= 11 is 6.00. The Morgan fingerprint density at radius 2 is 1.85 bits per heavy atom. The van der Waals surface area contributed by atoms with Gasteiger partial charge in [-0.3, -0.25) is 0 Å². The number of nitrogens with one attached hydrogen (secondary N) is 2. The second-order valence-corrected chi connectivity index (χ2v) is 6.53. The van der Waals surface area contributed by atoms with Gasteiger partial charge >= 0.3 is 6.03 Å². The van der Waals surface area contributed by atoms with Gasteiger partial charge in [0, 0.05) is 18.1 Å². The number of halogens is 1. The molecule has 1 aliphatic heterocycles. The molecule has 0 saturated carbocycles. The number of morpholine rings is 1. The van der Waals surface area contributed by atoms with Crippen molar-refractivity contribution in [3.63, 3.8) is 0 Å².